The molecule has 15 heavy (non-hydrogen) atoms. The Bertz CT molecular complexity index is 402. The van der Waals surface area contributed by atoms with Crippen molar-refractivity contribution in [2.45, 2.75) is 19.0 Å². The maximum Gasteiger partial charge on any atom is 0.222 e. The third-order valence-electron chi connectivity index (χ3n) is 3.31. The molecule has 0 radical (unpaired) electrons. The Morgan fingerprint density at radius 1 is 1.20 bits per heavy atom. The lowest BCUT2D eigenvalue weighted by Gasteiger charge is -2.40. The quantitative estimate of drug-likeness (QED) is 0.682. The third-order valence-corrected chi connectivity index (χ3v) is 3.31. The number of carbonyl (C=O) groups is 1. The molecule has 1 amide bonds. The fourth-order valence-corrected chi connectivity index (χ4v) is 2.50. The van der Waals surface area contributed by atoms with Gasteiger partial charge in [0.05, 0.1) is 0 Å². The first-order valence-corrected chi connectivity index (χ1v) is 5.46. The maximum absolute atomic E-state index is 11.4. The van der Waals surface area contributed by atoms with E-state index in [4.69, 9.17) is 0 Å². The summed E-state index contributed by atoms with van der Waals surface area (Å²) in [6.07, 6.45) is 1.86. The average molecular weight is 202 g/mol. The van der Waals surface area contributed by atoms with Crippen LogP contribution in [0.5, 0.6) is 0 Å². The van der Waals surface area contributed by atoms with Crippen molar-refractivity contribution in [3.8, 4) is 0 Å². The molecule has 1 saturated heterocycles. The van der Waals surface area contributed by atoms with Crippen LogP contribution in [0.25, 0.3) is 0 Å². The van der Waals surface area contributed by atoms with Gasteiger partial charge in [0.2, 0.25) is 5.91 Å². The molecule has 2 heterocycles. The molecule has 3 heteroatoms. The van der Waals surface area contributed by atoms with Gasteiger partial charge in [0.25, 0.3) is 0 Å². The van der Waals surface area contributed by atoms with Gasteiger partial charge in [0, 0.05) is 19.5 Å². The monoisotopic (exact) mass is 202 g/mol. The molecule has 1 aromatic carbocycles. The lowest BCUT2D eigenvalue weighted by molar-refractivity contribution is -0.127. The van der Waals surface area contributed by atoms with E-state index in [2.05, 4.69) is 28.4 Å². The molecule has 3 rings (SSSR count). The van der Waals surface area contributed by atoms with Crippen molar-refractivity contribution in [1.82, 2.24) is 10.2 Å². The first-order valence-electron chi connectivity index (χ1n) is 5.46. The van der Waals surface area contributed by atoms with E-state index in [-0.39, 0.29) is 12.1 Å². The van der Waals surface area contributed by atoms with Gasteiger partial charge in [-0.25, -0.2) is 0 Å². The minimum absolute atomic E-state index is 0.121. The molecule has 2 aliphatic rings. The number of benzene rings is 1. The lowest BCUT2D eigenvalue weighted by Crippen LogP contribution is -2.50. The SMILES string of the molecule is O=C1CCN2CCc3ccccc3C2N1. The minimum Gasteiger partial charge on any atom is -0.336 e. The summed E-state index contributed by atoms with van der Waals surface area (Å²) in [7, 11) is 0. The van der Waals surface area contributed by atoms with Gasteiger partial charge in [-0.05, 0) is 17.5 Å². The highest BCUT2D eigenvalue weighted by atomic mass is 16.2. The van der Waals surface area contributed by atoms with E-state index in [1.54, 1.807) is 0 Å². The minimum atomic E-state index is 0.121. The van der Waals surface area contributed by atoms with Crippen molar-refractivity contribution >= 4 is 5.91 Å². The number of hydrogen-bond donors (Lipinski definition) is 1. The van der Waals surface area contributed by atoms with Crippen LogP contribution in [-0.4, -0.2) is 23.9 Å². The van der Waals surface area contributed by atoms with Gasteiger partial charge in [-0.3, -0.25) is 9.69 Å². The first-order chi connectivity index (χ1) is 7.34. The summed E-state index contributed by atoms with van der Waals surface area (Å²) in [5.41, 5.74) is 2.65. The Balaban J connectivity index is 2.00. The number of hydrogen-bond acceptors (Lipinski definition) is 2. The Morgan fingerprint density at radius 3 is 2.93 bits per heavy atom. The van der Waals surface area contributed by atoms with Gasteiger partial charge in [-0.15, -0.1) is 0 Å². The molecule has 2 aliphatic heterocycles. The van der Waals surface area contributed by atoms with E-state index in [0.717, 1.165) is 19.5 Å². The zero-order chi connectivity index (χ0) is 10.3. The number of nitrogens with zero attached hydrogens (tertiary/aromatic N) is 1. The lowest BCUT2D eigenvalue weighted by atomic mass is 9.95. The van der Waals surface area contributed by atoms with Crippen LogP contribution in [0.15, 0.2) is 24.3 Å². The molecule has 1 fully saturated rings. The molecule has 3 nitrogen and oxygen atoms in total. The Kier molecular flexibility index (Phi) is 1.99. The summed E-state index contributed by atoms with van der Waals surface area (Å²) in [6.45, 7) is 1.95. The van der Waals surface area contributed by atoms with Crippen LogP contribution in [-0.2, 0) is 11.2 Å². The average Bonchev–Trinajstić information content (AvgIpc) is 2.29. The van der Waals surface area contributed by atoms with E-state index in [0.29, 0.717) is 6.42 Å². The van der Waals surface area contributed by atoms with E-state index < -0.39 is 0 Å². The molecule has 0 bridgehead atoms. The normalized spacial score (nSPS) is 25.3. The summed E-state index contributed by atoms with van der Waals surface area (Å²) in [6, 6.07) is 8.40. The second-order valence-corrected chi connectivity index (χ2v) is 4.20. The summed E-state index contributed by atoms with van der Waals surface area (Å²) in [5, 5.41) is 3.06. The van der Waals surface area contributed by atoms with Gasteiger partial charge in [0.15, 0.2) is 0 Å². The summed E-state index contributed by atoms with van der Waals surface area (Å²) in [5.74, 6) is 0.174. The van der Waals surface area contributed by atoms with Crippen molar-refractivity contribution < 1.29 is 4.79 Å². The van der Waals surface area contributed by atoms with E-state index in [1.165, 1.54) is 11.1 Å². The molecular formula is C12H14N2O. The van der Waals surface area contributed by atoms with Gasteiger partial charge in [-0.1, -0.05) is 24.3 Å². The van der Waals surface area contributed by atoms with E-state index >= 15 is 0 Å². The zero-order valence-electron chi connectivity index (χ0n) is 8.57. The Labute approximate surface area is 89.1 Å². The molecular weight excluding hydrogens is 188 g/mol. The molecule has 1 unspecified atom stereocenters. The van der Waals surface area contributed by atoms with Crippen molar-refractivity contribution in [1.29, 1.82) is 0 Å². The van der Waals surface area contributed by atoms with Gasteiger partial charge < -0.3 is 5.32 Å². The fourth-order valence-electron chi connectivity index (χ4n) is 2.50. The van der Waals surface area contributed by atoms with Crippen LogP contribution in [0.4, 0.5) is 0 Å². The van der Waals surface area contributed by atoms with Crippen molar-refractivity contribution in [3.63, 3.8) is 0 Å². The second-order valence-electron chi connectivity index (χ2n) is 4.20. The Morgan fingerprint density at radius 2 is 2.00 bits per heavy atom. The molecule has 0 aliphatic carbocycles. The highest BCUT2D eigenvalue weighted by molar-refractivity contribution is 5.77. The van der Waals surface area contributed by atoms with E-state index in [9.17, 15) is 4.79 Å². The van der Waals surface area contributed by atoms with Crippen LogP contribution in [0.1, 0.15) is 23.7 Å². The number of amides is 1. The molecule has 1 N–H and O–H groups in total. The van der Waals surface area contributed by atoms with Gasteiger partial charge in [0.1, 0.15) is 6.17 Å². The zero-order valence-corrected chi connectivity index (χ0v) is 8.57. The molecule has 1 atom stereocenters. The van der Waals surface area contributed by atoms with Crippen molar-refractivity contribution in [2.24, 2.45) is 0 Å². The van der Waals surface area contributed by atoms with Gasteiger partial charge in [-0.2, -0.15) is 0 Å². The predicted octanol–water partition coefficient (Wildman–Crippen LogP) is 1.06. The van der Waals surface area contributed by atoms with Crippen molar-refractivity contribution in [3.05, 3.63) is 35.4 Å². The van der Waals surface area contributed by atoms with Crippen LogP contribution in [0.3, 0.4) is 0 Å². The molecule has 0 spiro atoms. The topological polar surface area (TPSA) is 32.3 Å². The highest BCUT2D eigenvalue weighted by Crippen LogP contribution is 2.29. The number of carbonyl (C=O) groups excluding carboxylic acids is 1. The second kappa shape index (κ2) is 3.35. The van der Waals surface area contributed by atoms with E-state index in [1.807, 2.05) is 6.07 Å². The predicted molar refractivity (Wildman–Crippen MR) is 57.2 cm³/mol. The fraction of sp³-hybridized carbons (Fsp3) is 0.417. The molecule has 0 aromatic heterocycles. The maximum atomic E-state index is 11.4. The Hall–Kier alpha value is -1.35. The molecule has 1 aromatic rings. The van der Waals surface area contributed by atoms with Crippen LogP contribution >= 0.6 is 0 Å². The summed E-state index contributed by atoms with van der Waals surface area (Å²) < 4.78 is 0. The number of nitrogens with one attached hydrogen (secondary N) is 1. The van der Waals surface area contributed by atoms with Crippen molar-refractivity contribution in [2.75, 3.05) is 13.1 Å². The molecule has 0 saturated carbocycles. The largest absolute Gasteiger partial charge is 0.336 e. The van der Waals surface area contributed by atoms with Crippen LogP contribution in [0.2, 0.25) is 0 Å². The smallest absolute Gasteiger partial charge is 0.222 e. The van der Waals surface area contributed by atoms with Crippen LogP contribution in [0, 0.1) is 0 Å². The summed E-state index contributed by atoms with van der Waals surface area (Å²) in [4.78, 5) is 13.7. The van der Waals surface area contributed by atoms with Crippen LogP contribution < -0.4 is 5.32 Å². The number of rotatable bonds is 0. The standard InChI is InChI=1S/C12H14N2O/c15-11-6-8-14-7-5-9-3-1-2-4-10(9)12(14)13-11/h1-4,12H,5-8H2,(H,13,15). The highest BCUT2D eigenvalue weighted by Gasteiger charge is 2.31. The third kappa shape index (κ3) is 1.43. The van der Waals surface area contributed by atoms with Gasteiger partial charge >= 0.3 is 0 Å². The molecule has 78 valence electrons. The summed E-state index contributed by atoms with van der Waals surface area (Å²) >= 11 is 0. The first kappa shape index (κ1) is 8.92. The number of fused-ring (bicyclic) bond motifs is 3.